The van der Waals surface area contributed by atoms with E-state index in [4.69, 9.17) is 0 Å². The van der Waals surface area contributed by atoms with Crippen LogP contribution < -0.4 is 5.32 Å². The van der Waals surface area contributed by atoms with Gasteiger partial charge in [0.2, 0.25) is 0 Å². The molecule has 20 heavy (non-hydrogen) atoms. The van der Waals surface area contributed by atoms with Crippen molar-refractivity contribution in [1.82, 2.24) is 20.5 Å². The number of hydrogen-bond acceptors (Lipinski definition) is 3. The van der Waals surface area contributed by atoms with Gasteiger partial charge < -0.3 is 5.32 Å². The first kappa shape index (κ1) is 14.2. The van der Waals surface area contributed by atoms with Crippen LogP contribution in [0.3, 0.4) is 0 Å². The molecule has 1 aromatic carbocycles. The number of aromatic amines is 1. The summed E-state index contributed by atoms with van der Waals surface area (Å²) in [5.41, 5.74) is 3.17. The van der Waals surface area contributed by atoms with Crippen LogP contribution in [0.4, 0.5) is 0 Å². The molecule has 2 aromatic rings. The zero-order chi connectivity index (χ0) is 14.4. The normalized spacial score (nSPS) is 10.5. The smallest absolute Gasteiger partial charge is 0.251 e. The van der Waals surface area contributed by atoms with Crippen LogP contribution in [0.2, 0.25) is 0 Å². The van der Waals surface area contributed by atoms with Gasteiger partial charge in [-0.25, -0.2) is 4.98 Å². The summed E-state index contributed by atoms with van der Waals surface area (Å²) in [6.45, 7) is 4.79. The third-order valence-electron chi connectivity index (χ3n) is 3.33. The van der Waals surface area contributed by atoms with E-state index in [0.29, 0.717) is 6.54 Å². The van der Waals surface area contributed by atoms with Crippen molar-refractivity contribution < 1.29 is 4.79 Å². The van der Waals surface area contributed by atoms with Crippen LogP contribution in [0.15, 0.2) is 24.5 Å². The highest BCUT2D eigenvalue weighted by atomic mass is 16.1. The summed E-state index contributed by atoms with van der Waals surface area (Å²) < 4.78 is 0. The molecule has 0 saturated carbocycles. The maximum absolute atomic E-state index is 12.0. The molecule has 0 aliphatic rings. The fourth-order valence-corrected chi connectivity index (χ4v) is 2.14. The molecule has 1 heterocycles. The highest BCUT2D eigenvalue weighted by Gasteiger charge is 2.06. The molecule has 2 N–H and O–H groups in total. The van der Waals surface area contributed by atoms with Crippen molar-refractivity contribution in [1.29, 1.82) is 0 Å². The number of H-pyrrole nitrogens is 1. The summed E-state index contributed by atoms with van der Waals surface area (Å²) in [6.07, 6.45) is 4.11. The number of amides is 1. The van der Waals surface area contributed by atoms with Crippen molar-refractivity contribution in [3.63, 3.8) is 0 Å². The first-order valence-electron chi connectivity index (χ1n) is 6.92. The van der Waals surface area contributed by atoms with Crippen molar-refractivity contribution in [3.8, 4) is 0 Å². The summed E-state index contributed by atoms with van der Waals surface area (Å²) in [5.74, 6) is 0.829. The van der Waals surface area contributed by atoms with Gasteiger partial charge in [0.15, 0.2) is 0 Å². The highest BCUT2D eigenvalue weighted by molar-refractivity contribution is 5.94. The van der Waals surface area contributed by atoms with Gasteiger partial charge in [-0.3, -0.25) is 9.89 Å². The molecule has 0 radical (unpaired) electrons. The van der Waals surface area contributed by atoms with E-state index in [9.17, 15) is 4.79 Å². The van der Waals surface area contributed by atoms with Crippen LogP contribution in [0.5, 0.6) is 0 Å². The number of aryl methyl sites for hydroxylation is 3. The van der Waals surface area contributed by atoms with Gasteiger partial charge in [-0.2, -0.15) is 5.10 Å². The Bertz CT molecular complexity index is 563. The molecule has 1 aromatic heterocycles. The fourth-order valence-electron chi connectivity index (χ4n) is 2.14. The topological polar surface area (TPSA) is 70.7 Å². The van der Waals surface area contributed by atoms with Gasteiger partial charge in [0.25, 0.3) is 5.91 Å². The lowest BCUT2D eigenvalue weighted by molar-refractivity contribution is 0.0953. The third-order valence-corrected chi connectivity index (χ3v) is 3.33. The van der Waals surface area contributed by atoms with E-state index in [0.717, 1.165) is 30.7 Å². The zero-order valence-electron chi connectivity index (χ0n) is 11.9. The monoisotopic (exact) mass is 272 g/mol. The molecule has 0 saturated heterocycles. The summed E-state index contributed by atoms with van der Waals surface area (Å²) in [6, 6.07) is 5.86. The summed E-state index contributed by atoms with van der Waals surface area (Å²) in [7, 11) is 0. The first-order chi connectivity index (χ1) is 9.70. The van der Waals surface area contributed by atoms with Crippen LogP contribution in [-0.4, -0.2) is 27.6 Å². The lowest BCUT2D eigenvalue weighted by atomic mass is 10.0. The van der Waals surface area contributed by atoms with Crippen molar-refractivity contribution >= 4 is 5.91 Å². The summed E-state index contributed by atoms with van der Waals surface area (Å²) >= 11 is 0. The van der Waals surface area contributed by atoms with Crippen LogP contribution in [0.1, 0.15) is 40.7 Å². The molecule has 0 unspecified atom stereocenters. The number of aromatic nitrogens is 3. The van der Waals surface area contributed by atoms with E-state index >= 15 is 0 Å². The minimum atomic E-state index is -0.0201. The molecule has 0 aliphatic heterocycles. The Morgan fingerprint density at radius 1 is 1.40 bits per heavy atom. The second-order valence-corrected chi connectivity index (χ2v) is 4.79. The van der Waals surface area contributed by atoms with Gasteiger partial charge in [-0.15, -0.1) is 0 Å². The SMILES string of the molecule is CCc1ccc(C(=O)NCCCc2ncn[nH]2)cc1C. The van der Waals surface area contributed by atoms with Crippen LogP contribution in [0.25, 0.3) is 0 Å². The maximum atomic E-state index is 12.0. The molecule has 0 spiro atoms. The second-order valence-electron chi connectivity index (χ2n) is 4.79. The predicted molar refractivity (Wildman–Crippen MR) is 77.6 cm³/mol. The van der Waals surface area contributed by atoms with Crippen LogP contribution in [0, 0.1) is 6.92 Å². The average Bonchev–Trinajstić information content (AvgIpc) is 2.96. The second kappa shape index (κ2) is 6.84. The van der Waals surface area contributed by atoms with Gasteiger partial charge in [0.05, 0.1) is 0 Å². The number of carbonyl (C=O) groups is 1. The van der Waals surface area contributed by atoms with Gasteiger partial charge in [-0.1, -0.05) is 13.0 Å². The maximum Gasteiger partial charge on any atom is 0.251 e. The highest BCUT2D eigenvalue weighted by Crippen LogP contribution is 2.11. The Labute approximate surface area is 118 Å². The standard InChI is InChI=1S/C15H20N4O/c1-3-12-6-7-13(9-11(12)2)15(20)16-8-4-5-14-17-10-18-19-14/h6-7,9-10H,3-5,8H2,1-2H3,(H,16,20)(H,17,18,19). The number of carbonyl (C=O) groups excluding carboxylic acids is 1. The first-order valence-corrected chi connectivity index (χ1v) is 6.92. The number of hydrogen-bond donors (Lipinski definition) is 2. The summed E-state index contributed by atoms with van der Waals surface area (Å²) in [5, 5.41) is 9.51. The van der Waals surface area contributed by atoms with Gasteiger partial charge in [0.1, 0.15) is 12.2 Å². The minimum Gasteiger partial charge on any atom is -0.352 e. The molecule has 2 rings (SSSR count). The van der Waals surface area contributed by atoms with Crippen molar-refractivity contribution in [2.75, 3.05) is 6.54 Å². The molecule has 106 valence electrons. The Kier molecular flexibility index (Phi) is 4.87. The van der Waals surface area contributed by atoms with Crippen molar-refractivity contribution in [3.05, 3.63) is 47.0 Å². The molecule has 0 aliphatic carbocycles. The third kappa shape index (κ3) is 3.66. The van der Waals surface area contributed by atoms with E-state index in [1.807, 2.05) is 25.1 Å². The molecule has 1 amide bonds. The molecule has 5 heteroatoms. The number of rotatable bonds is 6. The largest absolute Gasteiger partial charge is 0.352 e. The van der Waals surface area contributed by atoms with E-state index in [1.165, 1.54) is 17.5 Å². The van der Waals surface area contributed by atoms with Crippen molar-refractivity contribution in [2.45, 2.75) is 33.1 Å². The minimum absolute atomic E-state index is 0.0201. The molecule has 0 bridgehead atoms. The van der Waals surface area contributed by atoms with E-state index in [1.54, 1.807) is 0 Å². The van der Waals surface area contributed by atoms with E-state index < -0.39 is 0 Å². The van der Waals surface area contributed by atoms with Gasteiger partial charge in [0, 0.05) is 18.5 Å². The number of benzene rings is 1. The van der Waals surface area contributed by atoms with E-state index in [-0.39, 0.29) is 5.91 Å². The summed E-state index contributed by atoms with van der Waals surface area (Å²) in [4.78, 5) is 16.1. The number of nitrogens with zero attached hydrogens (tertiary/aromatic N) is 2. The average molecular weight is 272 g/mol. The van der Waals surface area contributed by atoms with Crippen LogP contribution in [-0.2, 0) is 12.8 Å². The lowest BCUT2D eigenvalue weighted by Gasteiger charge is -2.08. The van der Waals surface area contributed by atoms with Gasteiger partial charge in [-0.05, 0) is 43.0 Å². The predicted octanol–water partition coefficient (Wildman–Crippen LogP) is 2.04. The Morgan fingerprint density at radius 2 is 2.25 bits per heavy atom. The lowest BCUT2D eigenvalue weighted by Crippen LogP contribution is -2.25. The molecular formula is C15H20N4O. The fraction of sp³-hybridized carbons (Fsp3) is 0.400. The van der Waals surface area contributed by atoms with Gasteiger partial charge >= 0.3 is 0 Å². The number of nitrogens with one attached hydrogen (secondary N) is 2. The Balaban J connectivity index is 1.81. The zero-order valence-corrected chi connectivity index (χ0v) is 11.9. The quantitative estimate of drug-likeness (QED) is 0.790. The van der Waals surface area contributed by atoms with Crippen LogP contribution >= 0.6 is 0 Å². The molecular weight excluding hydrogens is 252 g/mol. The molecule has 0 atom stereocenters. The Morgan fingerprint density at radius 3 is 2.90 bits per heavy atom. The molecule has 0 fully saturated rings. The Hall–Kier alpha value is -2.17. The van der Waals surface area contributed by atoms with E-state index in [2.05, 4.69) is 27.4 Å². The van der Waals surface area contributed by atoms with Crippen molar-refractivity contribution in [2.24, 2.45) is 0 Å². The molecule has 5 nitrogen and oxygen atoms in total.